The molecule has 6 nitrogen and oxygen atoms in total. The molecule has 1 atom stereocenters. The van der Waals surface area contributed by atoms with E-state index in [1.807, 2.05) is 0 Å². The molecule has 0 aromatic heterocycles. The van der Waals surface area contributed by atoms with Gasteiger partial charge >= 0.3 is 16.4 Å². The highest BCUT2D eigenvalue weighted by molar-refractivity contribution is 9.10. The van der Waals surface area contributed by atoms with Crippen molar-refractivity contribution in [2.45, 2.75) is 12.3 Å². The zero-order valence-corrected chi connectivity index (χ0v) is 13.7. The van der Waals surface area contributed by atoms with Crippen LogP contribution in [0.1, 0.15) is 5.56 Å². The van der Waals surface area contributed by atoms with Crippen LogP contribution in [0.5, 0.6) is 0 Å². The van der Waals surface area contributed by atoms with Gasteiger partial charge in [-0.25, -0.2) is 4.31 Å². The van der Waals surface area contributed by atoms with E-state index in [0.29, 0.717) is 10.4 Å². The third-order valence-corrected chi connectivity index (χ3v) is 5.62. The smallest absolute Gasteiger partial charge is 0.271 e. The zero-order chi connectivity index (χ0) is 16.9. The first-order valence-electron chi connectivity index (χ1n) is 5.79. The molecule has 22 heavy (non-hydrogen) atoms. The number of rotatable bonds is 2. The van der Waals surface area contributed by atoms with E-state index in [1.54, 1.807) is 6.07 Å². The van der Waals surface area contributed by atoms with E-state index < -0.39 is 28.1 Å². The van der Waals surface area contributed by atoms with Gasteiger partial charge in [0.05, 0.1) is 33.1 Å². The molecule has 1 unspecified atom stereocenters. The quantitative estimate of drug-likeness (QED) is 0.716. The second-order valence-corrected chi connectivity index (χ2v) is 7.38. The van der Waals surface area contributed by atoms with Gasteiger partial charge in [-0.15, -0.1) is 0 Å². The average molecular weight is 399 g/mol. The summed E-state index contributed by atoms with van der Waals surface area (Å²) in [4.78, 5) is 0. The van der Waals surface area contributed by atoms with E-state index in [4.69, 9.17) is 0 Å². The van der Waals surface area contributed by atoms with Crippen molar-refractivity contribution in [2.75, 3.05) is 22.3 Å². The largest absolute Gasteiger partial charge is 0.416 e. The van der Waals surface area contributed by atoms with Gasteiger partial charge in [0.2, 0.25) is 6.17 Å². The lowest BCUT2D eigenvalue weighted by Crippen LogP contribution is -2.47. The van der Waals surface area contributed by atoms with Crippen LogP contribution < -0.4 is 8.23 Å². The van der Waals surface area contributed by atoms with Crippen LogP contribution >= 0.6 is 16.1 Å². The molecule has 1 heterocycles. The molecule has 11 heteroatoms. The van der Waals surface area contributed by atoms with Gasteiger partial charge in [-0.3, -0.25) is 3.93 Å². The highest BCUT2D eigenvalue weighted by Gasteiger charge is 2.45. The SMILES string of the molecule is CN(C)S(=O)(=O)N1c2cc(C(F)(F)F)ccc2N(Br)C1C#N. The van der Waals surface area contributed by atoms with E-state index in [2.05, 4.69) is 16.1 Å². The second kappa shape index (κ2) is 5.29. The number of fused-ring (bicyclic) bond motifs is 1. The molecular formula is C11H10BrF3N4O2S. The van der Waals surface area contributed by atoms with Gasteiger partial charge in [-0.2, -0.15) is 31.2 Å². The molecule has 120 valence electrons. The molecule has 0 saturated carbocycles. The summed E-state index contributed by atoms with van der Waals surface area (Å²) in [6.07, 6.45) is -5.95. The number of halogens is 4. The minimum Gasteiger partial charge on any atom is -0.271 e. The van der Waals surface area contributed by atoms with Crippen LogP contribution in [0.25, 0.3) is 0 Å². The Labute approximate surface area is 133 Å². The highest BCUT2D eigenvalue weighted by atomic mass is 79.9. The standard InChI is InChI=1S/C11H10BrF3N4O2S/c1-17(2)22(20,21)19-9-5-7(11(13,14)15)3-4-8(9)18(12)10(19)6-16/h3-5,10H,1-2H3. The molecule has 0 spiro atoms. The Morgan fingerprint density at radius 3 is 2.36 bits per heavy atom. The Morgan fingerprint density at radius 2 is 1.91 bits per heavy atom. The van der Waals surface area contributed by atoms with Crippen molar-refractivity contribution in [1.29, 1.82) is 5.26 Å². The van der Waals surface area contributed by atoms with E-state index in [1.165, 1.54) is 14.1 Å². The summed E-state index contributed by atoms with van der Waals surface area (Å²) in [5.74, 6) is 0. The fraction of sp³-hybridized carbons (Fsp3) is 0.364. The Bertz CT molecular complexity index is 745. The molecule has 0 fully saturated rings. The van der Waals surface area contributed by atoms with Crippen molar-refractivity contribution in [2.24, 2.45) is 0 Å². The van der Waals surface area contributed by atoms with Crippen LogP contribution in [0.4, 0.5) is 24.5 Å². The maximum absolute atomic E-state index is 12.8. The maximum atomic E-state index is 12.8. The lowest BCUT2D eigenvalue weighted by atomic mass is 10.2. The van der Waals surface area contributed by atoms with Crippen LogP contribution in [0.3, 0.4) is 0 Å². The fourth-order valence-corrected chi connectivity index (χ4v) is 3.78. The Hall–Kier alpha value is -1.51. The van der Waals surface area contributed by atoms with Crippen LogP contribution in [0.2, 0.25) is 0 Å². The van der Waals surface area contributed by atoms with Gasteiger partial charge in [-0.05, 0) is 18.2 Å². The summed E-state index contributed by atoms with van der Waals surface area (Å²) >= 11 is 3.03. The first-order chi connectivity index (χ1) is 10.0. The number of anilines is 2. The van der Waals surface area contributed by atoms with Crippen molar-refractivity contribution >= 4 is 37.7 Å². The van der Waals surface area contributed by atoms with Crippen molar-refractivity contribution in [3.8, 4) is 6.07 Å². The molecule has 1 aliphatic heterocycles. The average Bonchev–Trinajstić information content (AvgIpc) is 2.70. The van der Waals surface area contributed by atoms with Gasteiger partial charge < -0.3 is 0 Å². The van der Waals surface area contributed by atoms with Crippen molar-refractivity contribution < 1.29 is 21.6 Å². The fourth-order valence-electron chi connectivity index (χ4n) is 1.94. The summed E-state index contributed by atoms with van der Waals surface area (Å²) < 4.78 is 65.8. The van der Waals surface area contributed by atoms with Gasteiger partial charge in [-0.1, -0.05) is 0 Å². The van der Waals surface area contributed by atoms with Crippen LogP contribution in [-0.2, 0) is 16.4 Å². The van der Waals surface area contributed by atoms with Crippen LogP contribution in [0, 0.1) is 11.3 Å². The molecule has 0 saturated heterocycles. The molecule has 0 bridgehead atoms. The summed E-state index contributed by atoms with van der Waals surface area (Å²) in [5, 5.41) is 9.18. The summed E-state index contributed by atoms with van der Waals surface area (Å²) in [6.45, 7) is 0. The molecule has 1 aromatic rings. The minimum absolute atomic E-state index is 0.157. The predicted molar refractivity (Wildman–Crippen MR) is 77.3 cm³/mol. The van der Waals surface area contributed by atoms with Gasteiger partial charge in [0.15, 0.2) is 0 Å². The summed E-state index contributed by atoms with van der Waals surface area (Å²) in [7, 11) is -1.68. The number of hydrogen-bond donors (Lipinski definition) is 0. The maximum Gasteiger partial charge on any atom is 0.416 e. The van der Waals surface area contributed by atoms with Gasteiger partial charge in [0.25, 0.3) is 0 Å². The Balaban J connectivity index is 2.70. The Kier molecular flexibility index (Phi) is 4.05. The van der Waals surface area contributed by atoms with Gasteiger partial charge in [0, 0.05) is 14.1 Å². The third kappa shape index (κ3) is 2.51. The summed E-state index contributed by atoms with van der Waals surface area (Å²) in [5.41, 5.74) is -1.05. The molecule has 1 aromatic carbocycles. The second-order valence-electron chi connectivity index (χ2n) is 4.60. The molecule has 0 amide bonds. The molecule has 0 radical (unpaired) electrons. The zero-order valence-electron chi connectivity index (χ0n) is 11.3. The van der Waals surface area contributed by atoms with E-state index in [0.717, 1.165) is 20.4 Å². The van der Waals surface area contributed by atoms with Gasteiger partial charge in [0.1, 0.15) is 6.07 Å². The molecule has 1 aliphatic rings. The van der Waals surface area contributed by atoms with Crippen LogP contribution in [-0.4, -0.2) is 33.0 Å². The monoisotopic (exact) mass is 398 g/mol. The lowest BCUT2D eigenvalue weighted by Gasteiger charge is -2.26. The number of benzene rings is 1. The molecule has 0 N–H and O–H groups in total. The van der Waals surface area contributed by atoms with Crippen molar-refractivity contribution in [3.05, 3.63) is 23.8 Å². The van der Waals surface area contributed by atoms with E-state index >= 15 is 0 Å². The summed E-state index contributed by atoms with van der Waals surface area (Å²) in [6, 6.07) is 4.40. The number of nitrogens with zero attached hydrogens (tertiary/aromatic N) is 4. The third-order valence-electron chi connectivity index (χ3n) is 3.03. The van der Waals surface area contributed by atoms with Crippen LogP contribution in [0.15, 0.2) is 18.2 Å². The Morgan fingerprint density at radius 1 is 1.32 bits per heavy atom. The number of nitriles is 1. The number of hydrogen-bond acceptors (Lipinski definition) is 4. The van der Waals surface area contributed by atoms with E-state index in [9.17, 15) is 26.9 Å². The first kappa shape index (κ1) is 16.9. The van der Waals surface area contributed by atoms with E-state index in [-0.39, 0.29) is 11.4 Å². The molecule has 0 aliphatic carbocycles. The highest BCUT2D eigenvalue weighted by Crippen LogP contribution is 2.46. The first-order valence-corrected chi connectivity index (χ1v) is 7.90. The normalized spacial score (nSPS) is 18.5. The molecular weight excluding hydrogens is 389 g/mol. The minimum atomic E-state index is -4.62. The number of alkyl halides is 3. The predicted octanol–water partition coefficient (Wildman–Crippen LogP) is 2.30. The van der Waals surface area contributed by atoms with Crippen molar-refractivity contribution in [3.63, 3.8) is 0 Å². The molecule has 2 rings (SSSR count). The van der Waals surface area contributed by atoms with Crippen molar-refractivity contribution in [1.82, 2.24) is 4.31 Å². The lowest BCUT2D eigenvalue weighted by molar-refractivity contribution is -0.137. The topological polar surface area (TPSA) is 67.7 Å².